The van der Waals surface area contributed by atoms with E-state index < -0.39 is 11.7 Å². The number of nitrogens with zero attached hydrogens (tertiary/aromatic N) is 1. The SMILES string of the molecule is CC(C)N(C)C(=O)CNc1c(Cl)cccc1C(F)(F)F. The first-order valence-electron chi connectivity index (χ1n) is 5.99. The Balaban J connectivity index is 2.91. The molecule has 1 aromatic carbocycles. The van der Waals surface area contributed by atoms with Crippen molar-refractivity contribution in [2.24, 2.45) is 0 Å². The number of anilines is 1. The zero-order valence-corrected chi connectivity index (χ0v) is 12.1. The summed E-state index contributed by atoms with van der Waals surface area (Å²) in [6.45, 7) is 3.38. The molecule has 1 N–H and O–H groups in total. The van der Waals surface area contributed by atoms with E-state index in [0.29, 0.717) is 0 Å². The Morgan fingerprint density at radius 1 is 1.40 bits per heavy atom. The van der Waals surface area contributed by atoms with Crippen LogP contribution in [0.25, 0.3) is 0 Å². The Labute approximate surface area is 120 Å². The van der Waals surface area contributed by atoms with E-state index >= 15 is 0 Å². The molecule has 1 aromatic rings. The maximum Gasteiger partial charge on any atom is 0.418 e. The summed E-state index contributed by atoms with van der Waals surface area (Å²) in [6.07, 6.45) is -4.53. The summed E-state index contributed by atoms with van der Waals surface area (Å²) in [5.74, 6) is -0.312. The number of alkyl halides is 3. The number of para-hydroxylation sites is 1. The van der Waals surface area contributed by atoms with Gasteiger partial charge in [-0.15, -0.1) is 0 Å². The van der Waals surface area contributed by atoms with Gasteiger partial charge in [-0.05, 0) is 26.0 Å². The van der Waals surface area contributed by atoms with Gasteiger partial charge in [0.1, 0.15) is 0 Å². The van der Waals surface area contributed by atoms with Crippen molar-refractivity contribution in [3.05, 3.63) is 28.8 Å². The number of likely N-dealkylation sites (N-methyl/N-ethyl adjacent to an activating group) is 1. The molecule has 1 amide bonds. The number of carbonyl (C=O) groups excluding carboxylic acids is 1. The first-order valence-corrected chi connectivity index (χ1v) is 6.37. The minimum absolute atomic E-state index is 0.0300. The molecular weight excluding hydrogens is 293 g/mol. The van der Waals surface area contributed by atoms with Crippen molar-refractivity contribution in [2.75, 3.05) is 18.9 Å². The molecule has 112 valence electrons. The van der Waals surface area contributed by atoms with Crippen molar-refractivity contribution in [1.29, 1.82) is 0 Å². The van der Waals surface area contributed by atoms with Crippen molar-refractivity contribution in [2.45, 2.75) is 26.1 Å². The lowest BCUT2D eigenvalue weighted by molar-refractivity contribution is -0.137. The highest BCUT2D eigenvalue weighted by Crippen LogP contribution is 2.38. The molecule has 0 atom stereocenters. The Kier molecular flexibility index (Phi) is 5.28. The fourth-order valence-corrected chi connectivity index (χ4v) is 1.76. The molecule has 0 aliphatic heterocycles. The van der Waals surface area contributed by atoms with Crippen molar-refractivity contribution in [3.63, 3.8) is 0 Å². The van der Waals surface area contributed by atoms with E-state index in [1.807, 2.05) is 13.8 Å². The summed E-state index contributed by atoms with van der Waals surface area (Å²) in [7, 11) is 1.59. The smallest absolute Gasteiger partial charge is 0.374 e. The molecule has 0 spiro atoms. The predicted octanol–water partition coefficient (Wildman–Crippen LogP) is 3.64. The number of rotatable bonds is 4. The van der Waals surface area contributed by atoms with Crippen LogP contribution in [-0.4, -0.2) is 30.4 Å². The van der Waals surface area contributed by atoms with Gasteiger partial charge in [0.05, 0.1) is 22.8 Å². The summed E-state index contributed by atoms with van der Waals surface area (Å²) in [5.41, 5.74) is -1.16. The average Bonchev–Trinajstić information content (AvgIpc) is 2.34. The van der Waals surface area contributed by atoms with E-state index in [9.17, 15) is 18.0 Å². The van der Waals surface area contributed by atoms with E-state index in [-0.39, 0.29) is 29.2 Å². The lowest BCUT2D eigenvalue weighted by Crippen LogP contribution is -2.37. The van der Waals surface area contributed by atoms with Crippen LogP contribution in [0.1, 0.15) is 19.4 Å². The predicted molar refractivity (Wildman–Crippen MR) is 72.8 cm³/mol. The molecule has 3 nitrogen and oxygen atoms in total. The molecule has 20 heavy (non-hydrogen) atoms. The van der Waals surface area contributed by atoms with Gasteiger partial charge in [-0.3, -0.25) is 4.79 Å². The molecule has 0 aliphatic carbocycles. The average molecular weight is 309 g/mol. The number of carbonyl (C=O) groups is 1. The quantitative estimate of drug-likeness (QED) is 0.921. The van der Waals surface area contributed by atoms with Crippen molar-refractivity contribution >= 4 is 23.2 Å². The molecule has 0 aromatic heterocycles. The Hall–Kier alpha value is -1.43. The molecule has 0 unspecified atom stereocenters. The first-order chi connectivity index (χ1) is 9.14. The molecule has 0 saturated heterocycles. The Bertz CT molecular complexity index is 489. The van der Waals surface area contributed by atoms with Gasteiger partial charge in [0.2, 0.25) is 5.91 Å². The summed E-state index contributed by atoms with van der Waals surface area (Å²) in [6, 6.07) is 3.46. The third-order valence-corrected chi connectivity index (χ3v) is 3.22. The van der Waals surface area contributed by atoms with Crippen LogP contribution >= 0.6 is 11.6 Å². The molecule has 0 bridgehead atoms. The van der Waals surface area contributed by atoms with Gasteiger partial charge in [-0.1, -0.05) is 17.7 Å². The van der Waals surface area contributed by atoms with Gasteiger partial charge < -0.3 is 10.2 Å². The summed E-state index contributed by atoms with van der Waals surface area (Å²) in [4.78, 5) is 13.2. The van der Waals surface area contributed by atoms with Crippen LogP contribution in [0.3, 0.4) is 0 Å². The highest BCUT2D eigenvalue weighted by atomic mass is 35.5. The number of amides is 1. The van der Waals surface area contributed by atoms with Crippen LogP contribution < -0.4 is 5.32 Å². The zero-order valence-electron chi connectivity index (χ0n) is 11.4. The third-order valence-electron chi connectivity index (χ3n) is 2.90. The van der Waals surface area contributed by atoms with E-state index in [1.54, 1.807) is 7.05 Å². The summed E-state index contributed by atoms with van der Waals surface area (Å²) in [5, 5.41) is 2.41. The zero-order chi connectivity index (χ0) is 15.5. The van der Waals surface area contributed by atoms with Crippen LogP contribution in [0.2, 0.25) is 5.02 Å². The van der Waals surface area contributed by atoms with Crippen molar-refractivity contribution in [1.82, 2.24) is 4.90 Å². The fraction of sp³-hybridized carbons (Fsp3) is 0.462. The maximum atomic E-state index is 12.8. The number of halogens is 4. The lowest BCUT2D eigenvalue weighted by atomic mass is 10.1. The number of hydrogen-bond acceptors (Lipinski definition) is 2. The second-order valence-corrected chi connectivity index (χ2v) is 5.02. The normalized spacial score (nSPS) is 11.6. The van der Waals surface area contributed by atoms with Crippen LogP contribution in [0.4, 0.5) is 18.9 Å². The minimum atomic E-state index is -4.53. The summed E-state index contributed by atoms with van der Waals surface area (Å²) >= 11 is 5.77. The van der Waals surface area contributed by atoms with Gasteiger partial charge in [0.25, 0.3) is 0 Å². The topological polar surface area (TPSA) is 32.3 Å². The molecule has 0 heterocycles. The van der Waals surface area contributed by atoms with Crippen LogP contribution in [0.15, 0.2) is 18.2 Å². The molecule has 1 rings (SSSR count). The van der Waals surface area contributed by atoms with E-state index in [0.717, 1.165) is 6.07 Å². The number of nitrogens with one attached hydrogen (secondary N) is 1. The number of hydrogen-bond donors (Lipinski definition) is 1. The third kappa shape index (κ3) is 4.03. The Morgan fingerprint density at radius 3 is 2.50 bits per heavy atom. The molecule has 0 saturated carbocycles. The van der Waals surface area contributed by atoms with Gasteiger partial charge in [0.15, 0.2) is 0 Å². The van der Waals surface area contributed by atoms with Gasteiger partial charge >= 0.3 is 6.18 Å². The summed E-state index contributed by atoms with van der Waals surface area (Å²) < 4.78 is 38.5. The minimum Gasteiger partial charge on any atom is -0.374 e. The van der Waals surface area contributed by atoms with E-state index in [4.69, 9.17) is 11.6 Å². The van der Waals surface area contributed by atoms with Crippen molar-refractivity contribution in [3.8, 4) is 0 Å². The lowest BCUT2D eigenvalue weighted by Gasteiger charge is -2.22. The van der Waals surface area contributed by atoms with Gasteiger partial charge in [-0.2, -0.15) is 13.2 Å². The van der Waals surface area contributed by atoms with Gasteiger partial charge in [0, 0.05) is 13.1 Å². The molecule has 0 fully saturated rings. The first kappa shape index (κ1) is 16.6. The van der Waals surface area contributed by atoms with Crippen LogP contribution in [-0.2, 0) is 11.0 Å². The fourth-order valence-electron chi connectivity index (χ4n) is 1.52. The monoisotopic (exact) mass is 308 g/mol. The van der Waals surface area contributed by atoms with Crippen molar-refractivity contribution < 1.29 is 18.0 Å². The highest BCUT2D eigenvalue weighted by Gasteiger charge is 2.34. The van der Waals surface area contributed by atoms with Gasteiger partial charge in [-0.25, -0.2) is 0 Å². The van der Waals surface area contributed by atoms with Crippen LogP contribution in [0.5, 0.6) is 0 Å². The van der Waals surface area contributed by atoms with E-state index in [1.165, 1.54) is 17.0 Å². The molecular formula is C13H16ClF3N2O. The standard InChI is InChI=1S/C13H16ClF3N2O/c1-8(2)19(3)11(20)7-18-12-9(13(15,16)17)5-4-6-10(12)14/h4-6,8,18H,7H2,1-3H3. The second kappa shape index (κ2) is 6.35. The highest BCUT2D eigenvalue weighted by molar-refractivity contribution is 6.33. The molecule has 0 aliphatic rings. The molecule has 7 heteroatoms. The van der Waals surface area contributed by atoms with E-state index in [2.05, 4.69) is 5.32 Å². The number of benzene rings is 1. The maximum absolute atomic E-state index is 12.8. The molecule has 0 radical (unpaired) electrons. The Morgan fingerprint density at radius 2 is 2.00 bits per heavy atom. The second-order valence-electron chi connectivity index (χ2n) is 4.61. The largest absolute Gasteiger partial charge is 0.418 e. The van der Waals surface area contributed by atoms with Crippen LogP contribution in [0, 0.1) is 0 Å².